The average molecular weight is 463 g/mol. The first-order valence-corrected chi connectivity index (χ1v) is 11.9. The second kappa shape index (κ2) is 9.33. The van der Waals surface area contributed by atoms with E-state index in [1.54, 1.807) is 0 Å². The van der Waals surface area contributed by atoms with E-state index in [2.05, 4.69) is 56.8 Å². The molecule has 0 radical (unpaired) electrons. The van der Waals surface area contributed by atoms with Crippen molar-refractivity contribution >= 4 is 46.3 Å². The first kappa shape index (κ1) is 21.5. The van der Waals surface area contributed by atoms with Crippen LogP contribution in [0.5, 0.6) is 0 Å². The van der Waals surface area contributed by atoms with Crippen molar-refractivity contribution in [1.29, 1.82) is 0 Å². The predicted molar refractivity (Wildman–Crippen MR) is 141 cm³/mol. The topological polar surface area (TPSA) is 70.2 Å². The van der Waals surface area contributed by atoms with Gasteiger partial charge in [0.25, 0.3) is 5.91 Å². The summed E-state index contributed by atoms with van der Waals surface area (Å²) < 4.78 is 5.43. The molecule has 1 fully saturated rings. The Bertz CT molecular complexity index is 1440. The normalized spacial score (nSPS) is 17.4. The number of hydrogen-bond acceptors (Lipinski definition) is 4. The number of rotatable bonds is 5. The number of carbonyl (C=O) groups excluding carboxylic acids is 1. The van der Waals surface area contributed by atoms with Crippen LogP contribution in [-0.4, -0.2) is 47.3 Å². The van der Waals surface area contributed by atoms with Gasteiger partial charge in [-0.25, -0.2) is 0 Å². The van der Waals surface area contributed by atoms with Crippen LogP contribution in [0, 0.1) is 0 Å². The number of hydrogen-bond donors (Lipinski definition) is 2. The molecule has 0 aliphatic carbocycles. The minimum atomic E-state index is -0.0736. The van der Waals surface area contributed by atoms with Gasteiger partial charge in [0.1, 0.15) is 0 Å². The van der Waals surface area contributed by atoms with Gasteiger partial charge in [0.2, 0.25) is 0 Å². The van der Waals surface area contributed by atoms with Gasteiger partial charge in [-0.2, -0.15) is 5.10 Å². The fourth-order valence-corrected chi connectivity index (χ4v) is 4.65. The van der Waals surface area contributed by atoms with E-state index in [9.17, 15) is 4.79 Å². The zero-order valence-electron chi connectivity index (χ0n) is 19.3. The zero-order chi connectivity index (χ0) is 23.6. The highest BCUT2D eigenvalue weighted by molar-refractivity contribution is 6.34. The van der Waals surface area contributed by atoms with Gasteiger partial charge in [-0.15, -0.1) is 0 Å². The Morgan fingerprint density at radius 2 is 1.74 bits per heavy atom. The van der Waals surface area contributed by atoms with Crippen LogP contribution in [0.4, 0.5) is 5.69 Å². The van der Waals surface area contributed by atoms with E-state index < -0.39 is 0 Å². The molecule has 1 amide bonds. The molecule has 3 heterocycles. The molecule has 6 nitrogen and oxygen atoms in total. The molecule has 35 heavy (non-hydrogen) atoms. The van der Waals surface area contributed by atoms with Crippen LogP contribution in [-0.2, 0) is 16.1 Å². The number of aromatic nitrogens is 2. The van der Waals surface area contributed by atoms with Gasteiger partial charge in [0.15, 0.2) is 0 Å². The maximum absolute atomic E-state index is 12.4. The number of fused-ring (bicyclic) bond motifs is 2. The number of morpholine rings is 1. The Hall–Kier alpha value is -4.00. The lowest BCUT2D eigenvalue weighted by Gasteiger charge is -2.26. The van der Waals surface area contributed by atoms with Crippen molar-refractivity contribution in [2.75, 3.05) is 31.6 Å². The van der Waals surface area contributed by atoms with Crippen LogP contribution in [0.15, 0.2) is 66.7 Å². The lowest BCUT2D eigenvalue weighted by atomic mass is 10.0. The van der Waals surface area contributed by atoms with Gasteiger partial charge in [-0.05, 0) is 47.0 Å². The summed E-state index contributed by atoms with van der Waals surface area (Å²) in [6.07, 6.45) is 6.05. The summed E-state index contributed by atoms with van der Waals surface area (Å²) in [5.74, 6) is -0.0736. The molecule has 0 unspecified atom stereocenters. The molecule has 1 aromatic heterocycles. The van der Waals surface area contributed by atoms with Gasteiger partial charge < -0.3 is 10.1 Å². The smallest absolute Gasteiger partial charge is 0.256 e. The Balaban J connectivity index is 1.18. The third-order valence-corrected chi connectivity index (χ3v) is 6.56. The van der Waals surface area contributed by atoms with Crippen molar-refractivity contribution in [2.45, 2.75) is 6.54 Å². The van der Waals surface area contributed by atoms with Gasteiger partial charge in [0.05, 0.1) is 24.4 Å². The van der Waals surface area contributed by atoms with Crippen LogP contribution in [0.1, 0.15) is 27.9 Å². The van der Waals surface area contributed by atoms with E-state index in [0.717, 1.165) is 71.8 Å². The van der Waals surface area contributed by atoms with E-state index in [-0.39, 0.29) is 5.91 Å². The first-order valence-electron chi connectivity index (χ1n) is 11.9. The number of anilines is 1. The van der Waals surface area contributed by atoms with Crippen LogP contribution >= 0.6 is 0 Å². The Labute approximate surface area is 203 Å². The number of nitrogens with zero attached hydrogens (tertiary/aromatic N) is 2. The second-order valence-electron chi connectivity index (χ2n) is 8.94. The number of para-hydroxylation sites is 1. The molecular formula is C29H26N4O2. The van der Waals surface area contributed by atoms with Crippen LogP contribution in [0.25, 0.3) is 34.7 Å². The lowest BCUT2D eigenvalue weighted by Crippen LogP contribution is -2.35. The van der Waals surface area contributed by atoms with E-state index in [0.29, 0.717) is 5.57 Å². The maximum atomic E-state index is 12.4. The molecule has 0 spiro atoms. The van der Waals surface area contributed by atoms with Gasteiger partial charge in [-0.3, -0.25) is 14.8 Å². The summed E-state index contributed by atoms with van der Waals surface area (Å²) in [4.78, 5) is 14.9. The highest BCUT2D eigenvalue weighted by atomic mass is 16.5. The summed E-state index contributed by atoms with van der Waals surface area (Å²) >= 11 is 0. The highest BCUT2D eigenvalue weighted by Crippen LogP contribution is 2.33. The average Bonchev–Trinajstić information content (AvgIpc) is 3.44. The molecule has 0 atom stereocenters. The maximum Gasteiger partial charge on any atom is 0.256 e. The summed E-state index contributed by atoms with van der Waals surface area (Å²) in [6.45, 7) is 4.59. The van der Waals surface area contributed by atoms with Crippen molar-refractivity contribution in [2.24, 2.45) is 0 Å². The number of carbonyl (C=O) groups is 1. The van der Waals surface area contributed by atoms with Crippen LogP contribution in [0.2, 0.25) is 0 Å². The molecule has 4 aromatic rings. The summed E-state index contributed by atoms with van der Waals surface area (Å²) in [7, 11) is 0. The third-order valence-electron chi connectivity index (χ3n) is 6.56. The van der Waals surface area contributed by atoms with E-state index in [1.165, 1.54) is 5.56 Å². The number of amides is 1. The number of benzene rings is 3. The second-order valence-corrected chi connectivity index (χ2v) is 8.94. The van der Waals surface area contributed by atoms with Gasteiger partial charge in [0, 0.05) is 41.8 Å². The number of aromatic amines is 1. The Morgan fingerprint density at radius 1 is 0.943 bits per heavy atom. The quantitative estimate of drug-likeness (QED) is 0.407. The standard InChI is InChI=1S/C29H26N4O2/c34-29-25(23-3-1-2-4-26(23)30-29)17-22-9-11-24-27(31-32-28(24)18-22)12-10-20-5-7-21(8-6-20)19-33-13-15-35-16-14-33/h1-12,17-18H,13-16,19H2,(H,30,34)(H,31,32)/b12-10+,25-17+. The van der Waals surface area contributed by atoms with E-state index in [4.69, 9.17) is 4.74 Å². The zero-order valence-corrected chi connectivity index (χ0v) is 19.3. The van der Waals surface area contributed by atoms with Crippen molar-refractivity contribution in [3.63, 3.8) is 0 Å². The number of ether oxygens (including phenoxy) is 1. The molecule has 0 bridgehead atoms. The summed E-state index contributed by atoms with van der Waals surface area (Å²) in [5, 5.41) is 11.6. The molecule has 6 rings (SSSR count). The van der Waals surface area contributed by atoms with E-state index >= 15 is 0 Å². The Morgan fingerprint density at radius 3 is 2.60 bits per heavy atom. The number of nitrogens with one attached hydrogen (secondary N) is 2. The minimum Gasteiger partial charge on any atom is -0.379 e. The van der Waals surface area contributed by atoms with Crippen molar-refractivity contribution < 1.29 is 9.53 Å². The molecule has 2 N–H and O–H groups in total. The van der Waals surface area contributed by atoms with Crippen molar-refractivity contribution in [3.05, 3.63) is 94.7 Å². The molecule has 174 valence electrons. The largest absolute Gasteiger partial charge is 0.379 e. The predicted octanol–water partition coefficient (Wildman–Crippen LogP) is 5.06. The molecule has 1 saturated heterocycles. The van der Waals surface area contributed by atoms with Gasteiger partial charge in [-0.1, -0.05) is 54.6 Å². The SMILES string of the molecule is O=C1Nc2ccccc2/C1=C\c1ccc2c(/C=C/c3ccc(CN4CCOCC4)cc3)n[nH]c2c1. The monoisotopic (exact) mass is 462 g/mol. The Kier molecular flexibility index (Phi) is 5.74. The third kappa shape index (κ3) is 4.54. The molecule has 2 aliphatic heterocycles. The molecular weight excluding hydrogens is 436 g/mol. The summed E-state index contributed by atoms with van der Waals surface area (Å²) in [6, 6.07) is 22.5. The minimum absolute atomic E-state index is 0.0736. The van der Waals surface area contributed by atoms with Crippen molar-refractivity contribution in [3.8, 4) is 0 Å². The number of H-pyrrole nitrogens is 1. The van der Waals surface area contributed by atoms with E-state index in [1.807, 2.05) is 48.6 Å². The molecule has 2 aliphatic rings. The fraction of sp³-hybridized carbons (Fsp3) is 0.172. The van der Waals surface area contributed by atoms with Crippen LogP contribution in [0.3, 0.4) is 0 Å². The highest BCUT2D eigenvalue weighted by Gasteiger charge is 2.23. The lowest BCUT2D eigenvalue weighted by molar-refractivity contribution is -0.110. The van der Waals surface area contributed by atoms with Gasteiger partial charge >= 0.3 is 0 Å². The first-order chi connectivity index (χ1) is 17.2. The summed E-state index contributed by atoms with van der Waals surface area (Å²) in [5.41, 5.74) is 7.70. The molecule has 0 saturated carbocycles. The fourth-order valence-electron chi connectivity index (χ4n) is 4.65. The molecule has 6 heteroatoms. The van der Waals surface area contributed by atoms with Crippen LogP contribution < -0.4 is 5.32 Å². The molecule has 3 aromatic carbocycles. The van der Waals surface area contributed by atoms with Crippen molar-refractivity contribution in [1.82, 2.24) is 15.1 Å².